The standard InChI is InChI=1S/C43H53FN8O7/c1-24(2)15-34-41(56)50-35(16-27-11-13-31(59-6)14-12-27)40(55)47-26(5)39(54)51-37(25(3)4)22-52(43(58)29-17-30(44)21-45-19-29)23-38(53)48-36(42(57)49-34)18-28-20-46-33-10-8-7-9-32(28)33/h7-14,17,19-21,24-26,34-37,46H,15-16,18,22-23H2,1-6H3,(H,47,55)(H,48,53)(H,49,57)(H,50,56)(H,51,54)/t26-,34+,35+,36-,37-/m1/s1. The van der Waals surface area contributed by atoms with Crippen molar-refractivity contribution < 1.29 is 37.9 Å². The SMILES string of the molecule is COc1ccc(C[C@@H]2NC(=O)[C@H](CC(C)C)NC(=O)[C@@H](Cc3c[nH]c4ccccc34)NC(=O)CN(C(=O)c3cncc(F)c3)C[C@H](C(C)C)NC(=O)[C@@H](C)NC2=O)cc1. The van der Waals surface area contributed by atoms with Crippen LogP contribution in [0.5, 0.6) is 5.75 Å². The molecule has 6 N–H and O–H groups in total. The molecule has 4 aromatic rings. The van der Waals surface area contributed by atoms with E-state index in [4.69, 9.17) is 4.74 Å². The summed E-state index contributed by atoms with van der Waals surface area (Å²) in [5.41, 5.74) is 2.08. The molecule has 5 atom stereocenters. The molecular formula is C43H53FN8O7. The molecule has 0 aliphatic carbocycles. The second-order valence-corrected chi connectivity index (χ2v) is 15.7. The van der Waals surface area contributed by atoms with Gasteiger partial charge in [-0.1, -0.05) is 58.0 Å². The van der Waals surface area contributed by atoms with Crippen molar-refractivity contribution in [2.24, 2.45) is 11.8 Å². The first-order valence-electron chi connectivity index (χ1n) is 19.7. The number of fused-ring (bicyclic) bond motifs is 1. The van der Waals surface area contributed by atoms with Gasteiger partial charge in [-0.3, -0.25) is 33.8 Å². The van der Waals surface area contributed by atoms with E-state index < -0.39 is 78.0 Å². The monoisotopic (exact) mass is 812 g/mol. The predicted octanol–water partition coefficient (Wildman–Crippen LogP) is 2.80. The van der Waals surface area contributed by atoms with Crippen molar-refractivity contribution in [3.05, 3.63) is 95.7 Å². The fraction of sp³-hybridized carbons (Fsp3) is 0.419. The second-order valence-electron chi connectivity index (χ2n) is 15.7. The lowest BCUT2D eigenvalue weighted by Gasteiger charge is -2.32. The number of halogens is 1. The van der Waals surface area contributed by atoms with Gasteiger partial charge in [-0.25, -0.2) is 4.39 Å². The molecule has 15 nitrogen and oxygen atoms in total. The third-order valence-corrected chi connectivity index (χ3v) is 10.2. The summed E-state index contributed by atoms with van der Waals surface area (Å²) in [4.78, 5) is 92.4. The third-order valence-electron chi connectivity index (χ3n) is 10.2. The number of methoxy groups -OCH3 is 1. The number of hydrogen-bond acceptors (Lipinski definition) is 8. The Bertz CT molecular complexity index is 2140. The van der Waals surface area contributed by atoms with Crippen molar-refractivity contribution in [3.63, 3.8) is 0 Å². The summed E-state index contributed by atoms with van der Waals surface area (Å²) in [6, 6.07) is 10.00. The van der Waals surface area contributed by atoms with Crippen LogP contribution in [-0.2, 0) is 36.8 Å². The first-order valence-corrected chi connectivity index (χ1v) is 19.7. The van der Waals surface area contributed by atoms with Crippen LogP contribution in [0.1, 0.15) is 62.5 Å². The van der Waals surface area contributed by atoms with Crippen LogP contribution in [0.2, 0.25) is 0 Å². The highest BCUT2D eigenvalue weighted by molar-refractivity contribution is 5.98. The summed E-state index contributed by atoms with van der Waals surface area (Å²) >= 11 is 0. The maximum atomic E-state index is 14.4. The van der Waals surface area contributed by atoms with Gasteiger partial charge in [0.25, 0.3) is 5.91 Å². The number of H-pyrrole nitrogens is 1. The number of carbonyl (C=O) groups is 6. The Hall–Kier alpha value is -6.32. The summed E-state index contributed by atoms with van der Waals surface area (Å²) in [7, 11) is 1.53. The minimum absolute atomic E-state index is 0.00440. The summed E-state index contributed by atoms with van der Waals surface area (Å²) in [6.45, 7) is 8.08. The maximum Gasteiger partial charge on any atom is 0.256 e. The highest BCUT2D eigenvalue weighted by Crippen LogP contribution is 2.20. The van der Waals surface area contributed by atoms with Gasteiger partial charge in [0.05, 0.1) is 25.4 Å². The van der Waals surface area contributed by atoms with E-state index in [2.05, 4.69) is 36.6 Å². The van der Waals surface area contributed by atoms with Gasteiger partial charge in [0.15, 0.2) is 0 Å². The summed E-state index contributed by atoms with van der Waals surface area (Å²) in [6.07, 6.45) is 4.08. The lowest BCUT2D eigenvalue weighted by atomic mass is 9.99. The van der Waals surface area contributed by atoms with E-state index in [0.29, 0.717) is 16.9 Å². The fourth-order valence-electron chi connectivity index (χ4n) is 6.88. The number of aromatic nitrogens is 2. The number of para-hydroxylation sites is 1. The van der Waals surface area contributed by atoms with Crippen molar-refractivity contribution in [3.8, 4) is 5.75 Å². The van der Waals surface area contributed by atoms with Gasteiger partial charge in [-0.2, -0.15) is 0 Å². The normalized spacial score (nSPS) is 21.5. The number of benzene rings is 2. The number of ether oxygens (including phenoxy) is 1. The van der Waals surface area contributed by atoms with Crippen LogP contribution < -0.4 is 31.3 Å². The Labute approximate surface area is 342 Å². The molecule has 6 amide bonds. The first kappa shape index (κ1) is 43.8. The number of pyridine rings is 1. The molecule has 1 aliphatic rings. The Morgan fingerprint density at radius 1 is 0.831 bits per heavy atom. The van der Waals surface area contributed by atoms with Crippen molar-refractivity contribution >= 4 is 46.3 Å². The number of hydrogen-bond donors (Lipinski definition) is 6. The second kappa shape index (κ2) is 19.9. The highest BCUT2D eigenvalue weighted by atomic mass is 19.1. The molecule has 3 heterocycles. The Morgan fingerprint density at radius 3 is 2.17 bits per heavy atom. The summed E-state index contributed by atoms with van der Waals surface area (Å²) in [5, 5.41) is 14.9. The average Bonchev–Trinajstić information content (AvgIpc) is 3.61. The molecule has 2 aromatic carbocycles. The van der Waals surface area contributed by atoms with Crippen LogP contribution in [-0.4, -0.2) is 101 Å². The van der Waals surface area contributed by atoms with E-state index in [0.717, 1.165) is 28.1 Å². The van der Waals surface area contributed by atoms with Gasteiger partial charge in [0.2, 0.25) is 29.5 Å². The number of rotatable bonds is 9. The molecule has 5 rings (SSSR count). The van der Waals surface area contributed by atoms with Gasteiger partial charge in [0.1, 0.15) is 35.7 Å². The zero-order valence-corrected chi connectivity index (χ0v) is 34.1. The summed E-state index contributed by atoms with van der Waals surface area (Å²) < 4.78 is 19.6. The van der Waals surface area contributed by atoms with E-state index >= 15 is 0 Å². The van der Waals surface area contributed by atoms with Gasteiger partial charge in [-0.15, -0.1) is 0 Å². The molecule has 59 heavy (non-hydrogen) atoms. The van der Waals surface area contributed by atoms with Gasteiger partial charge < -0.3 is 41.2 Å². The molecular weight excluding hydrogens is 760 g/mol. The Balaban J connectivity index is 1.55. The minimum Gasteiger partial charge on any atom is -0.497 e. The van der Waals surface area contributed by atoms with Gasteiger partial charge >= 0.3 is 0 Å². The predicted molar refractivity (Wildman–Crippen MR) is 218 cm³/mol. The van der Waals surface area contributed by atoms with E-state index in [1.54, 1.807) is 30.5 Å². The Morgan fingerprint density at radius 2 is 1.49 bits per heavy atom. The third kappa shape index (κ3) is 11.9. The number of carbonyl (C=O) groups excluding carboxylic acids is 6. The van der Waals surface area contributed by atoms with E-state index in [1.807, 2.05) is 52.0 Å². The van der Waals surface area contributed by atoms with E-state index in [9.17, 15) is 33.2 Å². The van der Waals surface area contributed by atoms with E-state index in [-0.39, 0.29) is 43.2 Å². The number of nitrogens with one attached hydrogen (secondary N) is 6. The average molecular weight is 813 g/mol. The smallest absolute Gasteiger partial charge is 0.256 e. The van der Waals surface area contributed by atoms with E-state index in [1.165, 1.54) is 20.2 Å². The van der Waals surface area contributed by atoms with Crippen LogP contribution in [0.4, 0.5) is 4.39 Å². The molecule has 1 aliphatic heterocycles. The summed E-state index contributed by atoms with van der Waals surface area (Å²) in [5.74, 6) is -4.55. The van der Waals surface area contributed by atoms with Crippen molar-refractivity contribution in [1.29, 1.82) is 0 Å². The number of nitrogens with zero attached hydrogens (tertiary/aromatic N) is 2. The topological polar surface area (TPSA) is 204 Å². The fourth-order valence-corrected chi connectivity index (χ4v) is 6.88. The van der Waals surface area contributed by atoms with Crippen molar-refractivity contribution in [2.45, 2.75) is 84.1 Å². The lowest BCUT2D eigenvalue weighted by Crippen LogP contribution is -2.60. The molecule has 0 unspecified atom stereocenters. The number of aromatic amines is 1. The van der Waals surface area contributed by atoms with Gasteiger partial charge in [0, 0.05) is 48.7 Å². The van der Waals surface area contributed by atoms with Crippen LogP contribution >= 0.6 is 0 Å². The molecule has 0 spiro atoms. The number of amides is 6. The largest absolute Gasteiger partial charge is 0.497 e. The van der Waals surface area contributed by atoms with Crippen molar-refractivity contribution in [2.75, 3.05) is 20.2 Å². The molecule has 0 bridgehead atoms. The maximum absolute atomic E-state index is 14.4. The molecule has 0 saturated carbocycles. The zero-order chi connectivity index (χ0) is 42.8. The quantitative estimate of drug-likeness (QED) is 0.148. The van der Waals surface area contributed by atoms with Crippen molar-refractivity contribution in [1.82, 2.24) is 41.5 Å². The van der Waals surface area contributed by atoms with Crippen LogP contribution in [0, 0.1) is 17.7 Å². The van der Waals surface area contributed by atoms with Crippen LogP contribution in [0.3, 0.4) is 0 Å². The molecule has 0 radical (unpaired) electrons. The highest BCUT2D eigenvalue weighted by Gasteiger charge is 2.34. The van der Waals surface area contributed by atoms with Gasteiger partial charge in [-0.05, 0) is 60.6 Å². The van der Waals surface area contributed by atoms with Crippen LogP contribution in [0.25, 0.3) is 10.9 Å². The molecule has 1 saturated heterocycles. The molecule has 314 valence electrons. The zero-order valence-electron chi connectivity index (χ0n) is 34.1. The lowest BCUT2D eigenvalue weighted by molar-refractivity contribution is -0.135. The minimum atomic E-state index is -1.24. The molecule has 1 fully saturated rings. The van der Waals surface area contributed by atoms with Crippen LogP contribution in [0.15, 0.2) is 73.2 Å². The molecule has 2 aromatic heterocycles. The molecule has 16 heteroatoms. The Kier molecular flexibility index (Phi) is 14.8. The first-order chi connectivity index (χ1) is 28.1.